The molecule has 2 saturated heterocycles. The van der Waals surface area contributed by atoms with E-state index in [0.717, 1.165) is 19.4 Å². The van der Waals surface area contributed by atoms with Crippen LogP contribution < -0.4 is 10.6 Å². The van der Waals surface area contributed by atoms with Gasteiger partial charge in [-0.05, 0) is 51.4 Å². The lowest BCUT2D eigenvalue weighted by molar-refractivity contribution is -0.139. The van der Waals surface area contributed by atoms with Gasteiger partial charge in [-0.1, -0.05) is 6.07 Å². The number of piperidine rings is 1. The van der Waals surface area contributed by atoms with Gasteiger partial charge in [-0.15, -0.1) is 12.4 Å². The van der Waals surface area contributed by atoms with E-state index in [9.17, 15) is 14.0 Å². The standard InChI is InChI=1S/C20H29FN4O2.ClH/c1-14-12-16(6-7-22-14)20(27)25-10-8-24(9-11-25)15(2)19(26)23-18-5-3-4-17(21)13-18;/h3-5,13-16,22H,6-12H2,1-2H3,(H,23,26);1H/t14-,15?,16-;/m0./s1. The summed E-state index contributed by atoms with van der Waals surface area (Å²) >= 11 is 0. The first-order chi connectivity index (χ1) is 12.9. The van der Waals surface area contributed by atoms with E-state index >= 15 is 0 Å². The predicted molar refractivity (Wildman–Crippen MR) is 110 cm³/mol. The Hall–Kier alpha value is -1.70. The number of benzene rings is 1. The van der Waals surface area contributed by atoms with Gasteiger partial charge in [0.1, 0.15) is 5.82 Å². The monoisotopic (exact) mass is 412 g/mol. The van der Waals surface area contributed by atoms with E-state index in [2.05, 4.69) is 22.5 Å². The van der Waals surface area contributed by atoms with E-state index in [1.807, 2.05) is 11.8 Å². The number of hydrogen-bond donors (Lipinski definition) is 2. The predicted octanol–water partition coefficient (Wildman–Crippen LogP) is 2.11. The van der Waals surface area contributed by atoms with Crippen LogP contribution >= 0.6 is 12.4 Å². The van der Waals surface area contributed by atoms with Gasteiger partial charge in [0.25, 0.3) is 0 Å². The molecule has 0 radical (unpaired) electrons. The van der Waals surface area contributed by atoms with Crippen LogP contribution in [0.1, 0.15) is 26.7 Å². The maximum absolute atomic E-state index is 13.3. The minimum atomic E-state index is -0.375. The molecule has 156 valence electrons. The first-order valence-electron chi connectivity index (χ1n) is 9.76. The van der Waals surface area contributed by atoms with Crippen LogP contribution in [0.3, 0.4) is 0 Å². The van der Waals surface area contributed by atoms with Crippen LogP contribution in [0.2, 0.25) is 0 Å². The highest BCUT2D eigenvalue weighted by molar-refractivity contribution is 5.94. The Morgan fingerprint density at radius 1 is 1.25 bits per heavy atom. The number of carbonyl (C=O) groups is 2. The fourth-order valence-corrected chi connectivity index (χ4v) is 3.92. The SMILES string of the molecule is CC(C(=O)Nc1cccc(F)c1)N1CCN(C(=O)[C@H]2CCN[C@@H](C)C2)CC1.Cl. The summed E-state index contributed by atoms with van der Waals surface area (Å²) in [5.41, 5.74) is 0.459. The Labute approximate surface area is 172 Å². The van der Waals surface area contributed by atoms with E-state index in [4.69, 9.17) is 0 Å². The molecule has 2 aliphatic heterocycles. The van der Waals surface area contributed by atoms with Crippen molar-refractivity contribution in [2.45, 2.75) is 38.8 Å². The summed E-state index contributed by atoms with van der Waals surface area (Å²) in [7, 11) is 0. The van der Waals surface area contributed by atoms with Crippen LogP contribution in [0.4, 0.5) is 10.1 Å². The molecular weight excluding hydrogens is 383 g/mol. The highest BCUT2D eigenvalue weighted by atomic mass is 35.5. The van der Waals surface area contributed by atoms with E-state index in [0.29, 0.717) is 37.9 Å². The van der Waals surface area contributed by atoms with Gasteiger partial charge in [0, 0.05) is 43.8 Å². The van der Waals surface area contributed by atoms with Crippen molar-refractivity contribution >= 4 is 29.9 Å². The second-order valence-corrected chi connectivity index (χ2v) is 7.61. The summed E-state index contributed by atoms with van der Waals surface area (Å²) in [4.78, 5) is 29.2. The van der Waals surface area contributed by atoms with Gasteiger partial charge in [0.2, 0.25) is 11.8 Å². The minimum absolute atomic E-state index is 0. The molecule has 8 heteroatoms. The lowest BCUT2D eigenvalue weighted by Gasteiger charge is -2.39. The topological polar surface area (TPSA) is 64.7 Å². The van der Waals surface area contributed by atoms with Crippen molar-refractivity contribution in [3.8, 4) is 0 Å². The third-order valence-corrected chi connectivity index (χ3v) is 5.62. The van der Waals surface area contributed by atoms with Gasteiger partial charge >= 0.3 is 0 Å². The number of hydrogen-bond acceptors (Lipinski definition) is 4. The van der Waals surface area contributed by atoms with E-state index < -0.39 is 0 Å². The Kier molecular flexibility index (Phi) is 8.22. The van der Waals surface area contributed by atoms with Gasteiger partial charge in [0.15, 0.2) is 0 Å². The zero-order chi connectivity index (χ0) is 19.4. The third-order valence-electron chi connectivity index (χ3n) is 5.62. The van der Waals surface area contributed by atoms with Crippen molar-refractivity contribution < 1.29 is 14.0 Å². The van der Waals surface area contributed by atoms with Crippen molar-refractivity contribution in [3.05, 3.63) is 30.1 Å². The number of piperazine rings is 1. The lowest BCUT2D eigenvalue weighted by Crippen LogP contribution is -2.55. The number of rotatable bonds is 4. The van der Waals surface area contributed by atoms with Gasteiger partial charge in [-0.25, -0.2) is 4.39 Å². The number of nitrogens with zero attached hydrogens (tertiary/aromatic N) is 2. The average molecular weight is 413 g/mol. The highest BCUT2D eigenvalue weighted by Crippen LogP contribution is 2.20. The molecule has 2 aliphatic rings. The molecular formula is C20H30ClFN4O2. The Morgan fingerprint density at radius 3 is 2.61 bits per heavy atom. The van der Waals surface area contributed by atoms with Gasteiger partial charge in [-0.3, -0.25) is 14.5 Å². The van der Waals surface area contributed by atoms with Gasteiger partial charge < -0.3 is 15.5 Å². The zero-order valence-electron chi connectivity index (χ0n) is 16.5. The summed E-state index contributed by atoms with van der Waals surface area (Å²) in [6, 6.07) is 5.95. The van der Waals surface area contributed by atoms with Crippen LogP contribution in [0.25, 0.3) is 0 Å². The summed E-state index contributed by atoms with van der Waals surface area (Å²) in [6.45, 7) is 7.50. The van der Waals surface area contributed by atoms with Gasteiger partial charge in [0.05, 0.1) is 6.04 Å². The molecule has 2 amide bonds. The first-order valence-corrected chi connectivity index (χ1v) is 9.76. The molecule has 0 aliphatic carbocycles. The molecule has 0 bridgehead atoms. The Balaban J connectivity index is 0.00000280. The molecule has 1 unspecified atom stereocenters. The average Bonchev–Trinajstić information content (AvgIpc) is 2.67. The summed E-state index contributed by atoms with van der Waals surface area (Å²) < 4.78 is 13.3. The molecule has 6 nitrogen and oxygen atoms in total. The van der Waals surface area contributed by atoms with Crippen LogP contribution in [-0.4, -0.2) is 66.4 Å². The summed E-state index contributed by atoms with van der Waals surface area (Å²) in [5, 5.41) is 6.14. The normalized spacial score (nSPS) is 24.2. The van der Waals surface area contributed by atoms with E-state index in [1.165, 1.54) is 12.1 Å². The zero-order valence-corrected chi connectivity index (χ0v) is 17.3. The van der Waals surface area contributed by atoms with Crippen molar-refractivity contribution in [1.82, 2.24) is 15.1 Å². The van der Waals surface area contributed by atoms with Crippen molar-refractivity contribution in [3.63, 3.8) is 0 Å². The second-order valence-electron chi connectivity index (χ2n) is 7.61. The smallest absolute Gasteiger partial charge is 0.241 e. The van der Waals surface area contributed by atoms with Gasteiger partial charge in [-0.2, -0.15) is 0 Å². The molecule has 3 atom stereocenters. The quantitative estimate of drug-likeness (QED) is 0.795. The molecule has 2 fully saturated rings. The van der Waals surface area contributed by atoms with Crippen LogP contribution in [0.5, 0.6) is 0 Å². The Morgan fingerprint density at radius 2 is 1.96 bits per heavy atom. The third kappa shape index (κ3) is 5.65. The van der Waals surface area contributed by atoms with E-state index in [1.54, 1.807) is 12.1 Å². The highest BCUT2D eigenvalue weighted by Gasteiger charge is 2.32. The van der Waals surface area contributed by atoms with Crippen LogP contribution in [0, 0.1) is 11.7 Å². The fraction of sp³-hybridized carbons (Fsp3) is 0.600. The molecule has 28 heavy (non-hydrogen) atoms. The van der Waals surface area contributed by atoms with Crippen molar-refractivity contribution in [2.75, 3.05) is 38.0 Å². The molecule has 1 aromatic rings. The maximum Gasteiger partial charge on any atom is 0.241 e. The second kappa shape index (κ2) is 10.2. The van der Waals surface area contributed by atoms with Crippen LogP contribution in [0.15, 0.2) is 24.3 Å². The van der Waals surface area contributed by atoms with Crippen LogP contribution in [-0.2, 0) is 9.59 Å². The molecule has 2 N–H and O–H groups in total. The molecule has 0 spiro atoms. The van der Waals surface area contributed by atoms with Crippen molar-refractivity contribution in [2.24, 2.45) is 5.92 Å². The maximum atomic E-state index is 13.3. The van der Waals surface area contributed by atoms with Crippen molar-refractivity contribution in [1.29, 1.82) is 0 Å². The van der Waals surface area contributed by atoms with E-state index in [-0.39, 0.29) is 42.0 Å². The molecule has 2 heterocycles. The largest absolute Gasteiger partial charge is 0.340 e. The fourth-order valence-electron chi connectivity index (χ4n) is 3.92. The molecule has 1 aromatic carbocycles. The molecule has 0 saturated carbocycles. The number of amides is 2. The molecule has 0 aromatic heterocycles. The minimum Gasteiger partial charge on any atom is -0.340 e. The summed E-state index contributed by atoms with van der Waals surface area (Å²) in [6.07, 6.45) is 1.79. The number of anilines is 1. The first kappa shape index (κ1) is 22.6. The number of nitrogens with one attached hydrogen (secondary N) is 2. The summed E-state index contributed by atoms with van der Waals surface area (Å²) in [5.74, 6) is -0.172. The number of carbonyl (C=O) groups excluding carboxylic acids is 2. The lowest BCUT2D eigenvalue weighted by atomic mass is 9.92. The number of halogens is 2. The Bertz CT molecular complexity index is 682. The molecule has 3 rings (SSSR count).